The molecule has 124 valence electrons. The normalized spacial score (nSPS) is 19.3. The van der Waals surface area contributed by atoms with Crippen LogP contribution in [0.1, 0.15) is 50.2 Å². The Kier molecular flexibility index (Phi) is 6.36. The third-order valence-electron chi connectivity index (χ3n) is 4.46. The van der Waals surface area contributed by atoms with Crippen LogP contribution in [-0.2, 0) is 11.3 Å². The average Bonchev–Trinajstić information content (AvgIpc) is 2.81. The molecule has 2 heterocycles. The summed E-state index contributed by atoms with van der Waals surface area (Å²) in [5, 5.41) is 7.33. The molecule has 0 unspecified atom stereocenters. The van der Waals surface area contributed by atoms with Gasteiger partial charge in [-0.15, -0.1) is 0 Å². The number of likely N-dealkylation sites (tertiary alicyclic amines) is 1. The van der Waals surface area contributed by atoms with Gasteiger partial charge in [0.1, 0.15) is 11.6 Å². The number of amides is 1. The lowest BCUT2D eigenvalue weighted by molar-refractivity contribution is -0.121. The number of rotatable bonds is 7. The van der Waals surface area contributed by atoms with Crippen LogP contribution in [0.4, 0.5) is 0 Å². The Labute approximate surface area is 133 Å². The maximum Gasteiger partial charge on any atom is 0.220 e. The number of aryl methyl sites for hydroxylation is 3. The van der Waals surface area contributed by atoms with Gasteiger partial charge in [-0.25, -0.2) is 4.98 Å². The van der Waals surface area contributed by atoms with E-state index in [4.69, 9.17) is 0 Å². The Bertz CT molecular complexity index is 485. The predicted molar refractivity (Wildman–Crippen MR) is 86.6 cm³/mol. The van der Waals surface area contributed by atoms with Crippen LogP contribution < -0.4 is 5.32 Å². The summed E-state index contributed by atoms with van der Waals surface area (Å²) < 4.78 is 1.90. The fourth-order valence-electron chi connectivity index (χ4n) is 3.12. The molecule has 0 saturated carbocycles. The van der Waals surface area contributed by atoms with Crippen LogP contribution in [0.2, 0.25) is 0 Å². The molecule has 0 aromatic carbocycles. The molecule has 1 aliphatic heterocycles. The molecule has 0 bridgehead atoms. The number of nitrogens with one attached hydrogen (secondary N) is 1. The van der Waals surface area contributed by atoms with Gasteiger partial charge in [0, 0.05) is 25.6 Å². The van der Waals surface area contributed by atoms with Crippen molar-refractivity contribution in [1.29, 1.82) is 0 Å². The minimum atomic E-state index is 0.172. The Morgan fingerprint density at radius 2 is 2.18 bits per heavy atom. The van der Waals surface area contributed by atoms with E-state index in [9.17, 15) is 4.79 Å². The number of piperidine rings is 1. The van der Waals surface area contributed by atoms with Gasteiger partial charge in [-0.3, -0.25) is 9.48 Å². The summed E-state index contributed by atoms with van der Waals surface area (Å²) in [6.07, 6.45) is 6.32. The fourth-order valence-corrected chi connectivity index (χ4v) is 3.12. The molecule has 22 heavy (non-hydrogen) atoms. The smallest absolute Gasteiger partial charge is 0.220 e. The highest BCUT2D eigenvalue weighted by molar-refractivity contribution is 5.75. The lowest BCUT2D eigenvalue weighted by Crippen LogP contribution is -2.37. The Balaban J connectivity index is 1.58. The second-order valence-corrected chi connectivity index (χ2v) is 6.30. The van der Waals surface area contributed by atoms with Crippen LogP contribution in [0.5, 0.6) is 0 Å². The largest absolute Gasteiger partial charge is 0.356 e. The number of carbonyl (C=O) groups is 1. The molecular weight excluding hydrogens is 278 g/mol. The first-order chi connectivity index (χ1) is 10.6. The van der Waals surface area contributed by atoms with E-state index < -0.39 is 0 Å². The molecule has 1 fully saturated rings. The molecule has 2 rings (SSSR count). The van der Waals surface area contributed by atoms with Crippen molar-refractivity contribution in [1.82, 2.24) is 25.0 Å². The molecule has 6 heteroatoms. The first-order valence-corrected chi connectivity index (χ1v) is 8.41. The Morgan fingerprint density at radius 3 is 2.86 bits per heavy atom. The lowest BCUT2D eigenvalue weighted by atomic mass is 9.98. The maximum absolute atomic E-state index is 11.9. The molecule has 0 aliphatic carbocycles. The van der Waals surface area contributed by atoms with E-state index >= 15 is 0 Å². The number of carbonyl (C=O) groups excluding carboxylic acids is 1. The Hall–Kier alpha value is -1.43. The van der Waals surface area contributed by atoms with E-state index in [0.29, 0.717) is 19.0 Å². The van der Waals surface area contributed by atoms with Gasteiger partial charge in [0.05, 0.1) is 0 Å². The molecule has 1 amide bonds. The molecule has 6 nitrogen and oxygen atoms in total. The summed E-state index contributed by atoms with van der Waals surface area (Å²) in [7, 11) is 2.17. The topological polar surface area (TPSA) is 63.1 Å². The van der Waals surface area contributed by atoms with Crippen LogP contribution in [0.15, 0.2) is 0 Å². The molecule has 1 atom stereocenters. The van der Waals surface area contributed by atoms with Crippen LogP contribution in [0.3, 0.4) is 0 Å². The quantitative estimate of drug-likeness (QED) is 0.778. The third-order valence-corrected chi connectivity index (χ3v) is 4.46. The van der Waals surface area contributed by atoms with Gasteiger partial charge in [-0.2, -0.15) is 5.10 Å². The van der Waals surface area contributed by atoms with E-state index in [0.717, 1.165) is 31.0 Å². The molecule has 1 aliphatic rings. The molecular formula is C16H29N5O. The average molecular weight is 307 g/mol. The number of hydrogen-bond acceptors (Lipinski definition) is 4. The van der Waals surface area contributed by atoms with E-state index in [-0.39, 0.29) is 5.91 Å². The highest BCUT2D eigenvalue weighted by atomic mass is 16.1. The van der Waals surface area contributed by atoms with Crippen LogP contribution in [0.25, 0.3) is 0 Å². The Morgan fingerprint density at radius 1 is 1.36 bits per heavy atom. The van der Waals surface area contributed by atoms with E-state index in [2.05, 4.69) is 27.3 Å². The van der Waals surface area contributed by atoms with E-state index in [1.807, 2.05) is 18.5 Å². The van der Waals surface area contributed by atoms with E-state index in [1.54, 1.807) is 0 Å². The highest BCUT2D eigenvalue weighted by Gasteiger charge is 2.19. The summed E-state index contributed by atoms with van der Waals surface area (Å²) in [6.45, 7) is 6.53. The third kappa shape index (κ3) is 5.09. The lowest BCUT2D eigenvalue weighted by Gasteiger charge is -2.32. The molecule has 0 radical (unpaired) electrons. The van der Waals surface area contributed by atoms with Crippen molar-refractivity contribution in [2.45, 2.75) is 65.0 Å². The minimum absolute atomic E-state index is 0.172. The van der Waals surface area contributed by atoms with Gasteiger partial charge in [-0.1, -0.05) is 6.42 Å². The maximum atomic E-state index is 11.9. The number of nitrogens with zero attached hydrogens (tertiary/aromatic N) is 4. The standard InChI is InChI=1S/C16H29N5O/c1-13-18-14(2)21(19-13)12-6-10-17-16(22)9-8-15-7-4-5-11-20(15)3/h15H,4-12H2,1-3H3,(H,17,22)/t15-/m0/s1. The fraction of sp³-hybridized carbons (Fsp3) is 0.812. The predicted octanol–water partition coefficient (Wildman–Crippen LogP) is 1.67. The zero-order chi connectivity index (χ0) is 15.9. The van der Waals surface area contributed by atoms with E-state index in [1.165, 1.54) is 25.8 Å². The van der Waals surface area contributed by atoms with Crippen molar-refractivity contribution in [2.24, 2.45) is 0 Å². The van der Waals surface area contributed by atoms with Gasteiger partial charge in [0.15, 0.2) is 0 Å². The van der Waals surface area contributed by atoms with Gasteiger partial charge in [-0.05, 0) is 53.1 Å². The zero-order valence-corrected chi connectivity index (χ0v) is 14.1. The molecule has 1 saturated heterocycles. The van der Waals surface area contributed by atoms with Crippen molar-refractivity contribution in [3.05, 3.63) is 11.6 Å². The summed E-state index contributed by atoms with van der Waals surface area (Å²) in [5.41, 5.74) is 0. The summed E-state index contributed by atoms with van der Waals surface area (Å²) >= 11 is 0. The van der Waals surface area contributed by atoms with Gasteiger partial charge < -0.3 is 10.2 Å². The summed E-state index contributed by atoms with van der Waals surface area (Å²) in [4.78, 5) is 18.6. The van der Waals surface area contributed by atoms with Crippen LogP contribution >= 0.6 is 0 Å². The summed E-state index contributed by atoms with van der Waals surface area (Å²) in [5.74, 6) is 1.91. The van der Waals surface area contributed by atoms with Crippen molar-refractivity contribution >= 4 is 5.91 Å². The monoisotopic (exact) mass is 307 g/mol. The van der Waals surface area contributed by atoms with Crippen molar-refractivity contribution in [2.75, 3.05) is 20.1 Å². The first kappa shape index (κ1) is 16.9. The first-order valence-electron chi connectivity index (χ1n) is 8.41. The molecule has 0 spiro atoms. The van der Waals surface area contributed by atoms with Crippen LogP contribution in [0, 0.1) is 13.8 Å². The van der Waals surface area contributed by atoms with Gasteiger partial charge in [0.25, 0.3) is 0 Å². The van der Waals surface area contributed by atoms with Crippen LogP contribution in [-0.4, -0.2) is 51.8 Å². The second kappa shape index (κ2) is 8.27. The summed E-state index contributed by atoms with van der Waals surface area (Å²) in [6, 6.07) is 0.584. The van der Waals surface area contributed by atoms with Crippen molar-refractivity contribution in [3.8, 4) is 0 Å². The molecule has 1 aromatic heterocycles. The molecule has 1 N–H and O–H groups in total. The number of aromatic nitrogens is 3. The molecule has 1 aromatic rings. The van der Waals surface area contributed by atoms with Gasteiger partial charge >= 0.3 is 0 Å². The highest BCUT2D eigenvalue weighted by Crippen LogP contribution is 2.18. The van der Waals surface area contributed by atoms with Gasteiger partial charge in [0.2, 0.25) is 5.91 Å². The minimum Gasteiger partial charge on any atom is -0.356 e. The SMILES string of the molecule is Cc1nc(C)n(CCCNC(=O)CC[C@@H]2CCCCN2C)n1. The van der Waals surface area contributed by atoms with Crippen molar-refractivity contribution in [3.63, 3.8) is 0 Å². The van der Waals surface area contributed by atoms with Crippen molar-refractivity contribution < 1.29 is 4.79 Å². The second-order valence-electron chi connectivity index (χ2n) is 6.30. The zero-order valence-electron chi connectivity index (χ0n) is 14.1. The number of hydrogen-bond donors (Lipinski definition) is 1.